The van der Waals surface area contributed by atoms with Gasteiger partial charge in [-0.2, -0.15) is 0 Å². The number of hydrogen-bond donors (Lipinski definition) is 2. The Hall–Kier alpha value is -1.68. The highest BCUT2D eigenvalue weighted by atomic mass is 15.2. The van der Waals surface area contributed by atoms with Gasteiger partial charge in [-0.05, 0) is 38.5 Å². The van der Waals surface area contributed by atoms with Gasteiger partial charge in [-0.25, -0.2) is 4.99 Å². The Labute approximate surface area is 122 Å². The second-order valence-corrected chi connectivity index (χ2v) is 5.18. The van der Waals surface area contributed by atoms with Crippen molar-refractivity contribution >= 4 is 12.9 Å². The summed E-state index contributed by atoms with van der Waals surface area (Å²) in [5.41, 5.74) is 1.56. The molecular weight excluding hydrogens is 248 g/mol. The molecule has 1 aliphatic heterocycles. The van der Waals surface area contributed by atoms with Gasteiger partial charge in [0.2, 0.25) is 0 Å². The molecule has 0 aromatic rings. The molecule has 0 aliphatic carbocycles. The van der Waals surface area contributed by atoms with E-state index in [1.165, 1.54) is 6.21 Å². The lowest BCUT2D eigenvalue weighted by Crippen LogP contribution is -2.42. The summed E-state index contributed by atoms with van der Waals surface area (Å²) >= 11 is 0. The zero-order valence-corrected chi connectivity index (χ0v) is 12.5. The van der Waals surface area contributed by atoms with Crippen LogP contribution in [-0.2, 0) is 0 Å². The second kappa shape index (κ2) is 8.48. The summed E-state index contributed by atoms with van der Waals surface area (Å²) in [6.07, 6.45) is 6.47. The van der Waals surface area contributed by atoms with Crippen molar-refractivity contribution in [3.8, 4) is 0 Å². The molecule has 110 valence electrons. The minimum Gasteiger partial charge on any atom is -0.367 e. The monoisotopic (exact) mass is 274 g/mol. The van der Waals surface area contributed by atoms with E-state index in [2.05, 4.69) is 35.1 Å². The molecule has 20 heavy (non-hydrogen) atoms. The summed E-state index contributed by atoms with van der Waals surface area (Å²) in [7, 11) is 0. The topological polar surface area (TPSA) is 51.5 Å². The molecule has 1 rings (SSSR count). The zero-order chi connectivity index (χ0) is 15.0. The average Bonchev–Trinajstić information content (AvgIpc) is 2.45. The summed E-state index contributed by atoms with van der Waals surface area (Å²) in [5, 5.41) is 10.9. The van der Waals surface area contributed by atoms with E-state index >= 15 is 0 Å². The van der Waals surface area contributed by atoms with E-state index in [0.29, 0.717) is 11.9 Å². The fourth-order valence-corrected chi connectivity index (χ4v) is 2.37. The molecule has 4 nitrogen and oxygen atoms in total. The number of aliphatic imine (C=N–C) groups is 1. The SMILES string of the molecule is C=CCCN1CCC(N/C(N=C)=C(\C=N)C(=C)C)CC1. The first-order valence-electron chi connectivity index (χ1n) is 7.09. The Morgan fingerprint density at radius 1 is 1.45 bits per heavy atom. The molecule has 1 fully saturated rings. The standard InChI is InChI=1S/C16H26N4/c1-5-6-9-20-10-7-14(8-11-20)19-16(18-4)15(12-17)13(2)3/h5,12,14,17,19H,1-2,4,6-11H2,3H3/b16-15+,17-12?. The Morgan fingerprint density at radius 2 is 2.10 bits per heavy atom. The summed E-state index contributed by atoms with van der Waals surface area (Å²) in [6, 6.07) is 0.393. The molecule has 0 bridgehead atoms. The first-order valence-corrected chi connectivity index (χ1v) is 7.09. The van der Waals surface area contributed by atoms with Gasteiger partial charge in [0.25, 0.3) is 0 Å². The Morgan fingerprint density at radius 3 is 2.55 bits per heavy atom. The van der Waals surface area contributed by atoms with Crippen LogP contribution < -0.4 is 5.32 Å². The van der Waals surface area contributed by atoms with Crippen LogP contribution in [0.25, 0.3) is 0 Å². The molecule has 0 saturated carbocycles. The van der Waals surface area contributed by atoms with E-state index in [9.17, 15) is 0 Å². The van der Waals surface area contributed by atoms with Gasteiger partial charge in [0, 0.05) is 37.5 Å². The molecule has 0 radical (unpaired) electrons. The summed E-state index contributed by atoms with van der Waals surface area (Å²) in [4.78, 5) is 6.48. The molecule has 1 aliphatic rings. The lowest BCUT2D eigenvalue weighted by Gasteiger charge is -2.32. The molecule has 1 saturated heterocycles. The number of rotatable bonds is 8. The zero-order valence-electron chi connectivity index (χ0n) is 12.5. The predicted molar refractivity (Wildman–Crippen MR) is 87.6 cm³/mol. The minimum atomic E-state index is 0.393. The van der Waals surface area contributed by atoms with Crippen molar-refractivity contribution in [2.45, 2.75) is 32.2 Å². The predicted octanol–water partition coefficient (Wildman–Crippen LogP) is 2.75. The maximum Gasteiger partial charge on any atom is 0.134 e. The van der Waals surface area contributed by atoms with Crippen LogP contribution >= 0.6 is 0 Å². The van der Waals surface area contributed by atoms with Crippen molar-refractivity contribution in [1.82, 2.24) is 10.2 Å². The van der Waals surface area contributed by atoms with Gasteiger partial charge in [0.1, 0.15) is 5.82 Å². The number of piperidine rings is 1. The Balaban J connectivity index is 2.57. The third-order valence-corrected chi connectivity index (χ3v) is 3.60. The van der Waals surface area contributed by atoms with Crippen LogP contribution in [0.15, 0.2) is 41.2 Å². The van der Waals surface area contributed by atoms with Crippen LogP contribution in [0, 0.1) is 5.41 Å². The van der Waals surface area contributed by atoms with E-state index in [0.717, 1.165) is 50.0 Å². The van der Waals surface area contributed by atoms with Crippen LogP contribution in [0.4, 0.5) is 0 Å². The van der Waals surface area contributed by atoms with Gasteiger partial charge in [0.15, 0.2) is 0 Å². The average molecular weight is 274 g/mol. The minimum absolute atomic E-state index is 0.393. The van der Waals surface area contributed by atoms with Crippen LogP contribution in [0.1, 0.15) is 26.2 Å². The first kappa shape index (κ1) is 16.4. The fourth-order valence-electron chi connectivity index (χ4n) is 2.37. The first-order chi connectivity index (χ1) is 9.62. The number of nitrogens with zero attached hydrogens (tertiary/aromatic N) is 2. The molecule has 0 aromatic heterocycles. The van der Waals surface area contributed by atoms with Gasteiger partial charge >= 0.3 is 0 Å². The summed E-state index contributed by atoms with van der Waals surface area (Å²) < 4.78 is 0. The number of allylic oxidation sites excluding steroid dienone is 2. The molecule has 4 heteroatoms. The van der Waals surface area contributed by atoms with Crippen LogP contribution in [0.5, 0.6) is 0 Å². The maximum absolute atomic E-state index is 7.46. The van der Waals surface area contributed by atoms with Gasteiger partial charge in [-0.1, -0.05) is 12.7 Å². The molecule has 0 atom stereocenters. The smallest absolute Gasteiger partial charge is 0.134 e. The molecule has 1 heterocycles. The summed E-state index contributed by atoms with van der Waals surface area (Å²) in [5.74, 6) is 0.678. The van der Waals surface area contributed by atoms with E-state index in [-0.39, 0.29) is 0 Å². The van der Waals surface area contributed by atoms with Crippen molar-refractivity contribution in [2.24, 2.45) is 4.99 Å². The quantitative estimate of drug-likeness (QED) is 0.406. The third kappa shape index (κ3) is 4.78. The van der Waals surface area contributed by atoms with Gasteiger partial charge in [-0.15, -0.1) is 6.58 Å². The molecule has 0 amide bonds. The van der Waals surface area contributed by atoms with Gasteiger partial charge in [0.05, 0.1) is 0 Å². The van der Waals surface area contributed by atoms with Crippen LogP contribution in [0.2, 0.25) is 0 Å². The van der Waals surface area contributed by atoms with Crippen LogP contribution in [-0.4, -0.2) is 43.5 Å². The van der Waals surface area contributed by atoms with Crippen molar-refractivity contribution < 1.29 is 0 Å². The molecule has 0 unspecified atom stereocenters. The van der Waals surface area contributed by atoms with Gasteiger partial charge < -0.3 is 15.6 Å². The van der Waals surface area contributed by atoms with E-state index < -0.39 is 0 Å². The lowest BCUT2D eigenvalue weighted by molar-refractivity contribution is 0.205. The highest BCUT2D eigenvalue weighted by Crippen LogP contribution is 2.15. The lowest BCUT2D eigenvalue weighted by atomic mass is 10.0. The molecule has 0 spiro atoms. The number of likely N-dealkylation sites (tertiary alicyclic amines) is 1. The largest absolute Gasteiger partial charge is 0.367 e. The van der Waals surface area contributed by atoms with Crippen molar-refractivity contribution in [2.75, 3.05) is 19.6 Å². The molecule has 2 N–H and O–H groups in total. The second-order valence-electron chi connectivity index (χ2n) is 5.18. The van der Waals surface area contributed by atoms with E-state index in [1.807, 2.05) is 13.0 Å². The highest BCUT2D eigenvalue weighted by molar-refractivity contribution is 5.82. The fraction of sp³-hybridized carbons (Fsp3) is 0.500. The number of hydrogen-bond acceptors (Lipinski definition) is 4. The Kier molecular flexibility index (Phi) is 6.94. The van der Waals surface area contributed by atoms with E-state index in [1.54, 1.807) is 0 Å². The normalized spacial score (nSPS) is 18.1. The van der Waals surface area contributed by atoms with E-state index in [4.69, 9.17) is 5.41 Å². The molecule has 0 aromatic carbocycles. The highest BCUT2D eigenvalue weighted by Gasteiger charge is 2.19. The Bertz CT molecular complexity index is 401. The molecular formula is C16H26N4. The third-order valence-electron chi connectivity index (χ3n) is 3.60. The number of nitrogens with one attached hydrogen (secondary N) is 2. The summed E-state index contributed by atoms with van der Waals surface area (Å²) in [6.45, 7) is 16.4. The maximum atomic E-state index is 7.46. The van der Waals surface area contributed by atoms with Crippen molar-refractivity contribution in [3.05, 3.63) is 36.2 Å². The van der Waals surface area contributed by atoms with Crippen molar-refractivity contribution in [1.29, 1.82) is 5.41 Å². The van der Waals surface area contributed by atoms with Crippen LogP contribution in [0.3, 0.4) is 0 Å². The van der Waals surface area contributed by atoms with Crippen molar-refractivity contribution in [3.63, 3.8) is 0 Å². The van der Waals surface area contributed by atoms with Gasteiger partial charge in [-0.3, -0.25) is 0 Å².